The van der Waals surface area contributed by atoms with Crippen LogP contribution >= 0.6 is 0 Å². The van der Waals surface area contributed by atoms with Crippen molar-refractivity contribution in [2.75, 3.05) is 13.2 Å². The van der Waals surface area contributed by atoms with E-state index in [0.717, 1.165) is 0 Å². The molecule has 37 heavy (non-hydrogen) atoms. The molecule has 1 unspecified atom stereocenters. The van der Waals surface area contributed by atoms with E-state index in [9.17, 15) is 23.1 Å². The summed E-state index contributed by atoms with van der Waals surface area (Å²) in [6.07, 6.45) is -5.55. The molecule has 3 aromatic rings. The second kappa shape index (κ2) is 11.9. The summed E-state index contributed by atoms with van der Waals surface area (Å²) in [5.74, 6) is 0.380. The number of benzene rings is 3. The zero-order valence-electron chi connectivity index (χ0n) is 20.7. The fourth-order valence-corrected chi connectivity index (χ4v) is 3.21. The van der Waals surface area contributed by atoms with Gasteiger partial charge in [-0.3, -0.25) is 0 Å². The number of hydrogen-bond acceptors (Lipinski definition) is 5. The summed E-state index contributed by atoms with van der Waals surface area (Å²) >= 11 is 0. The van der Waals surface area contributed by atoms with Crippen LogP contribution in [0.3, 0.4) is 0 Å². The average Bonchev–Trinajstić information content (AvgIpc) is 2.83. The van der Waals surface area contributed by atoms with E-state index in [4.69, 9.17) is 18.9 Å². The molecule has 0 saturated heterocycles. The SMILES string of the molecule is CC(COc1ccc(OC(C)(C)C(=O)O)cc1)COc1cccc(CC(F)(F)F)c1Oc1ccccc1. The van der Waals surface area contributed by atoms with Crippen molar-refractivity contribution in [1.29, 1.82) is 0 Å². The first kappa shape index (κ1) is 27.7. The molecule has 1 N–H and O–H groups in total. The van der Waals surface area contributed by atoms with Gasteiger partial charge in [0.05, 0.1) is 19.6 Å². The molecular weight excluding hydrogens is 489 g/mol. The molecule has 0 aliphatic rings. The number of hydrogen-bond donors (Lipinski definition) is 1. The van der Waals surface area contributed by atoms with Gasteiger partial charge in [0.15, 0.2) is 17.1 Å². The van der Waals surface area contributed by atoms with E-state index in [1.54, 1.807) is 60.7 Å². The van der Waals surface area contributed by atoms with E-state index in [-0.39, 0.29) is 36.2 Å². The molecule has 9 heteroatoms. The fraction of sp³-hybridized carbons (Fsp3) is 0.321. The molecule has 0 radical (unpaired) electrons. The Morgan fingerprint density at radius 3 is 2.08 bits per heavy atom. The lowest BCUT2D eigenvalue weighted by Crippen LogP contribution is -2.37. The lowest BCUT2D eigenvalue weighted by molar-refractivity contribution is -0.152. The molecule has 0 aliphatic carbocycles. The maximum Gasteiger partial charge on any atom is 0.393 e. The summed E-state index contributed by atoms with van der Waals surface area (Å²) in [6.45, 7) is 5.24. The van der Waals surface area contributed by atoms with Gasteiger partial charge in [-0.25, -0.2) is 4.79 Å². The predicted molar refractivity (Wildman–Crippen MR) is 132 cm³/mol. The molecule has 0 aliphatic heterocycles. The van der Waals surface area contributed by atoms with Crippen molar-refractivity contribution in [2.45, 2.75) is 39.0 Å². The van der Waals surface area contributed by atoms with Crippen LogP contribution < -0.4 is 18.9 Å². The fourth-order valence-electron chi connectivity index (χ4n) is 3.21. The highest BCUT2D eigenvalue weighted by Gasteiger charge is 2.31. The Hall–Kier alpha value is -3.88. The number of carboxylic acids is 1. The molecule has 0 fully saturated rings. The van der Waals surface area contributed by atoms with Crippen LogP contribution in [0, 0.1) is 5.92 Å². The maximum absolute atomic E-state index is 13.2. The molecule has 0 amide bonds. The largest absolute Gasteiger partial charge is 0.493 e. The molecule has 1 atom stereocenters. The number of rotatable bonds is 12. The van der Waals surface area contributed by atoms with E-state index in [2.05, 4.69) is 0 Å². The van der Waals surface area contributed by atoms with Gasteiger partial charge in [-0.2, -0.15) is 13.2 Å². The number of alkyl halides is 3. The van der Waals surface area contributed by atoms with Crippen LogP contribution in [0.25, 0.3) is 0 Å². The first-order chi connectivity index (χ1) is 17.4. The van der Waals surface area contributed by atoms with Gasteiger partial charge in [-0.05, 0) is 56.3 Å². The molecule has 0 bridgehead atoms. The van der Waals surface area contributed by atoms with Gasteiger partial charge in [0.1, 0.15) is 17.2 Å². The number of aliphatic carboxylic acids is 1. The minimum atomic E-state index is -4.40. The van der Waals surface area contributed by atoms with Crippen molar-refractivity contribution in [3.8, 4) is 28.7 Å². The molecule has 0 heterocycles. The number of carboxylic acid groups (broad SMARTS) is 1. The topological polar surface area (TPSA) is 74.2 Å². The minimum Gasteiger partial charge on any atom is -0.493 e. The van der Waals surface area contributed by atoms with Crippen LogP contribution in [0.2, 0.25) is 0 Å². The first-order valence-electron chi connectivity index (χ1n) is 11.6. The highest BCUT2D eigenvalue weighted by Crippen LogP contribution is 2.38. The summed E-state index contributed by atoms with van der Waals surface area (Å²) < 4.78 is 62.4. The number of carbonyl (C=O) groups is 1. The van der Waals surface area contributed by atoms with E-state index in [1.165, 1.54) is 26.0 Å². The Kier molecular flexibility index (Phi) is 8.91. The summed E-state index contributed by atoms with van der Waals surface area (Å²) in [7, 11) is 0. The molecule has 0 spiro atoms. The maximum atomic E-state index is 13.2. The molecule has 3 rings (SSSR count). The first-order valence-corrected chi connectivity index (χ1v) is 11.6. The monoisotopic (exact) mass is 518 g/mol. The second-order valence-corrected chi connectivity index (χ2v) is 9.07. The third-order valence-corrected chi connectivity index (χ3v) is 5.18. The van der Waals surface area contributed by atoms with Crippen LogP contribution in [-0.2, 0) is 11.2 Å². The van der Waals surface area contributed by atoms with Gasteiger partial charge < -0.3 is 24.1 Å². The smallest absolute Gasteiger partial charge is 0.393 e. The molecule has 0 aromatic heterocycles. The highest BCUT2D eigenvalue weighted by molar-refractivity contribution is 5.76. The van der Waals surface area contributed by atoms with Crippen LogP contribution in [-0.4, -0.2) is 36.1 Å². The van der Waals surface area contributed by atoms with Crippen molar-refractivity contribution in [3.63, 3.8) is 0 Å². The van der Waals surface area contributed by atoms with Gasteiger partial charge in [0.25, 0.3) is 0 Å². The zero-order chi connectivity index (χ0) is 27.1. The molecule has 198 valence electrons. The summed E-state index contributed by atoms with van der Waals surface area (Å²) in [5.41, 5.74) is -1.39. The molecule has 6 nitrogen and oxygen atoms in total. The van der Waals surface area contributed by atoms with Crippen LogP contribution in [0.5, 0.6) is 28.7 Å². The predicted octanol–water partition coefficient (Wildman–Crippen LogP) is 6.92. The Balaban J connectivity index is 1.62. The van der Waals surface area contributed by atoms with Crippen molar-refractivity contribution in [1.82, 2.24) is 0 Å². The number of para-hydroxylation sites is 2. The Morgan fingerprint density at radius 1 is 0.838 bits per heavy atom. The van der Waals surface area contributed by atoms with Crippen molar-refractivity contribution in [3.05, 3.63) is 78.4 Å². The Bertz CT molecular complexity index is 1160. The summed E-state index contributed by atoms with van der Waals surface area (Å²) in [4.78, 5) is 11.2. The summed E-state index contributed by atoms with van der Waals surface area (Å²) in [5, 5.41) is 9.17. The average molecular weight is 519 g/mol. The van der Waals surface area contributed by atoms with Gasteiger partial charge >= 0.3 is 12.1 Å². The third kappa shape index (κ3) is 8.63. The van der Waals surface area contributed by atoms with E-state index >= 15 is 0 Å². The summed E-state index contributed by atoms with van der Waals surface area (Å²) in [6, 6.07) is 19.5. The number of halogens is 3. The zero-order valence-corrected chi connectivity index (χ0v) is 20.7. The van der Waals surface area contributed by atoms with Gasteiger partial charge in [0.2, 0.25) is 0 Å². The van der Waals surface area contributed by atoms with Crippen molar-refractivity contribution < 1.29 is 42.0 Å². The molecule has 3 aromatic carbocycles. The van der Waals surface area contributed by atoms with Crippen molar-refractivity contribution in [2.24, 2.45) is 5.92 Å². The lowest BCUT2D eigenvalue weighted by atomic mass is 10.1. The van der Waals surface area contributed by atoms with Crippen molar-refractivity contribution >= 4 is 5.97 Å². The minimum absolute atomic E-state index is 0.0221. The Labute approximate surface area is 213 Å². The van der Waals surface area contributed by atoms with Crippen LogP contribution in [0.1, 0.15) is 26.3 Å². The molecule has 0 saturated carbocycles. The number of ether oxygens (including phenoxy) is 4. The standard InChI is InChI=1S/C28H29F3O6/c1-19(17-34-21-12-14-23(15-13-21)37-27(2,3)26(32)33)18-35-24-11-7-8-20(16-28(29,30)31)25(24)36-22-9-5-4-6-10-22/h4-15,19H,16-18H2,1-3H3,(H,32,33). The van der Waals surface area contributed by atoms with Crippen LogP contribution in [0.4, 0.5) is 13.2 Å². The third-order valence-electron chi connectivity index (χ3n) is 5.18. The van der Waals surface area contributed by atoms with E-state index < -0.39 is 24.2 Å². The lowest BCUT2D eigenvalue weighted by Gasteiger charge is -2.21. The quantitative estimate of drug-likeness (QED) is 0.281. The van der Waals surface area contributed by atoms with E-state index in [1.807, 2.05) is 6.92 Å². The van der Waals surface area contributed by atoms with Gasteiger partial charge in [-0.1, -0.05) is 37.3 Å². The van der Waals surface area contributed by atoms with Gasteiger partial charge in [-0.15, -0.1) is 0 Å². The van der Waals surface area contributed by atoms with Crippen LogP contribution in [0.15, 0.2) is 72.8 Å². The molecular formula is C28H29F3O6. The van der Waals surface area contributed by atoms with E-state index in [0.29, 0.717) is 17.2 Å². The second-order valence-electron chi connectivity index (χ2n) is 9.07. The van der Waals surface area contributed by atoms with Gasteiger partial charge in [0, 0.05) is 11.5 Å². The normalized spacial score (nSPS) is 12.5. The highest BCUT2D eigenvalue weighted by atomic mass is 19.4. The Morgan fingerprint density at radius 2 is 1.46 bits per heavy atom.